The average Bonchev–Trinajstić information content (AvgIpc) is 3.38. The van der Waals surface area contributed by atoms with Gasteiger partial charge in [0.2, 0.25) is 15.9 Å². The molecule has 35 heavy (non-hydrogen) atoms. The largest absolute Gasteiger partial charge is 0.368 e. The molecule has 1 N–H and O–H groups in total. The number of anilines is 1. The van der Waals surface area contributed by atoms with Gasteiger partial charge in [-0.1, -0.05) is 54.6 Å². The summed E-state index contributed by atoms with van der Waals surface area (Å²) < 4.78 is 37.8. The molecule has 1 saturated heterocycles. The van der Waals surface area contributed by atoms with Gasteiger partial charge < -0.3 is 9.80 Å². The lowest BCUT2D eigenvalue weighted by atomic mass is 10.1. The van der Waals surface area contributed by atoms with Gasteiger partial charge in [-0.25, -0.2) is 8.42 Å². The molecule has 10 heteroatoms. The first-order valence-electron chi connectivity index (χ1n) is 11.4. The molecule has 5 rings (SSSR count). The molecule has 3 aromatic carbocycles. The molecule has 0 aliphatic carbocycles. The molecule has 0 saturated carbocycles. The number of benzene rings is 3. The van der Waals surface area contributed by atoms with Crippen molar-refractivity contribution >= 4 is 44.4 Å². The zero-order chi connectivity index (χ0) is 24.3. The van der Waals surface area contributed by atoms with Crippen LogP contribution in [-0.2, 0) is 21.2 Å². The Balaban J connectivity index is 1.37. The van der Waals surface area contributed by atoms with Crippen LogP contribution in [0.1, 0.15) is 5.56 Å². The number of para-hydroxylation sites is 1. The summed E-state index contributed by atoms with van der Waals surface area (Å²) in [5.41, 5.74) is 2.82. The molecule has 0 radical (unpaired) electrons. The zero-order valence-electron chi connectivity index (χ0n) is 18.9. The summed E-state index contributed by atoms with van der Waals surface area (Å²) in [4.78, 5) is 17.6. The van der Waals surface area contributed by atoms with Crippen molar-refractivity contribution in [3.8, 4) is 0 Å². The van der Waals surface area contributed by atoms with Gasteiger partial charge in [-0.2, -0.15) is 13.5 Å². The second-order valence-corrected chi connectivity index (χ2v) is 10.6. The van der Waals surface area contributed by atoms with Gasteiger partial charge in [0.25, 0.3) is 0 Å². The Kier molecular flexibility index (Phi) is 6.76. The third-order valence-corrected chi connectivity index (χ3v) is 8.18. The van der Waals surface area contributed by atoms with Crippen LogP contribution in [0.2, 0.25) is 0 Å². The van der Waals surface area contributed by atoms with E-state index in [9.17, 15) is 13.2 Å². The van der Waals surface area contributed by atoms with Crippen LogP contribution in [0, 0.1) is 0 Å². The van der Waals surface area contributed by atoms with Crippen LogP contribution in [0.5, 0.6) is 0 Å². The van der Waals surface area contributed by atoms with E-state index in [4.69, 9.17) is 0 Å². The summed E-state index contributed by atoms with van der Waals surface area (Å²) >= 11 is 0.960. The molecule has 0 spiro atoms. The van der Waals surface area contributed by atoms with Gasteiger partial charge in [-0.05, 0) is 36.2 Å². The van der Waals surface area contributed by atoms with Gasteiger partial charge in [-0.15, -0.1) is 0 Å². The lowest BCUT2D eigenvalue weighted by Gasteiger charge is -2.37. The first kappa shape index (κ1) is 23.4. The van der Waals surface area contributed by atoms with E-state index in [1.165, 1.54) is 6.07 Å². The number of hydrogen-bond acceptors (Lipinski definition) is 7. The van der Waals surface area contributed by atoms with Crippen LogP contribution < -0.4 is 9.62 Å². The quantitative estimate of drug-likeness (QED) is 0.413. The Hall–Kier alpha value is -3.34. The van der Waals surface area contributed by atoms with Crippen LogP contribution >= 0.6 is 11.7 Å². The number of hydrogen-bond donors (Lipinski definition) is 1. The first-order valence-corrected chi connectivity index (χ1v) is 13.6. The van der Waals surface area contributed by atoms with E-state index in [1.807, 2.05) is 48.5 Å². The number of rotatable bonds is 7. The molecule has 1 atom stereocenters. The van der Waals surface area contributed by atoms with Crippen molar-refractivity contribution in [1.82, 2.24) is 18.4 Å². The molecule has 1 amide bonds. The SMILES string of the molecule is O=C(C(Cc1ccccc1)NS(=O)(=O)c1cccc2nsnc12)N1CCN(c2ccccc2)CC1. The zero-order valence-corrected chi connectivity index (χ0v) is 20.6. The van der Waals surface area contributed by atoms with Crippen molar-refractivity contribution in [2.45, 2.75) is 17.4 Å². The fourth-order valence-corrected chi connectivity index (χ4v) is 6.28. The van der Waals surface area contributed by atoms with Crippen molar-refractivity contribution in [3.05, 3.63) is 84.4 Å². The summed E-state index contributed by atoms with van der Waals surface area (Å²) in [5.74, 6) is -0.228. The van der Waals surface area contributed by atoms with Crippen LogP contribution in [0.4, 0.5) is 5.69 Å². The highest BCUT2D eigenvalue weighted by Crippen LogP contribution is 2.22. The number of carbonyl (C=O) groups is 1. The van der Waals surface area contributed by atoms with Gasteiger partial charge in [0, 0.05) is 31.9 Å². The van der Waals surface area contributed by atoms with E-state index in [2.05, 4.69) is 30.5 Å². The molecule has 2 heterocycles. The van der Waals surface area contributed by atoms with Gasteiger partial charge in [-0.3, -0.25) is 4.79 Å². The topological polar surface area (TPSA) is 95.5 Å². The van der Waals surface area contributed by atoms with E-state index in [-0.39, 0.29) is 17.2 Å². The molecule has 180 valence electrons. The minimum absolute atomic E-state index is 0.0310. The predicted octanol–water partition coefficient (Wildman–Crippen LogP) is 2.93. The summed E-state index contributed by atoms with van der Waals surface area (Å²) in [7, 11) is -4.02. The number of piperazine rings is 1. The lowest BCUT2D eigenvalue weighted by Crippen LogP contribution is -2.55. The van der Waals surface area contributed by atoms with E-state index in [0.717, 1.165) is 23.0 Å². The first-order chi connectivity index (χ1) is 17.0. The molecule has 1 fully saturated rings. The average molecular weight is 508 g/mol. The standard InChI is InChI=1S/C25H25N5O3S2/c31-25(30-16-14-29(15-17-30)20-10-5-2-6-11-20)22(18-19-8-3-1-4-9-19)28-35(32,33)23-13-7-12-21-24(23)27-34-26-21/h1-13,22,28H,14-18H2. The summed E-state index contributed by atoms with van der Waals surface area (Å²) in [6.45, 7) is 2.41. The molecule has 1 aromatic heterocycles. The number of nitrogens with one attached hydrogen (secondary N) is 1. The van der Waals surface area contributed by atoms with Crippen LogP contribution in [-0.4, -0.2) is 60.2 Å². The van der Waals surface area contributed by atoms with E-state index < -0.39 is 16.1 Å². The van der Waals surface area contributed by atoms with Crippen LogP contribution in [0.3, 0.4) is 0 Å². The summed E-state index contributed by atoms with van der Waals surface area (Å²) in [5, 5.41) is 0. The molecule has 4 aromatic rings. The van der Waals surface area contributed by atoms with E-state index >= 15 is 0 Å². The smallest absolute Gasteiger partial charge is 0.243 e. The monoisotopic (exact) mass is 507 g/mol. The Morgan fingerprint density at radius 2 is 1.57 bits per heavy atom. The van der Waals surface area contributed by atoms with Gasteiger partial charge in [0.15, 0.2) is 0 Å². The van der Waals surface area contributed by atoms with Gasteiger partial charge in [0.1, 0.15) is 22.0 Å². The maximum Gasteiger partial charge on any atom is 0.243 e. The normalized spacial score (nSPS) is 15.3. The second-order valence-electron chi connectivity index (χ2n) is 8.40. The van der Waals surface area contributed by atoms with E-state index in [1.54, 1.807) is 17.0 Å². The predicted molar refractivity (Wildman–Crippen MR) is 137 cm³/mol. The minimum atomic E-state index is -4.02. The van der Waals surface area contributed by atoms with Crippen LogP contribution in [0.25, 0.3) is 11.0 Å². The van der Waals surface area contributed by atoms with Crippen molar-refractivity contribution in [2.24, 2.45) is 0 Å². The lowest BCUT2D eigenvalue weighted by molar-refractivity contribution is -0.133. The number of amides is 1. The van der Waals surface area contributed by atoms with Crippen molar-refractivity contribution in [1.29, 1.82) is 0 Å². The number of fused-ring (bicyclic) bond motifs is 1. The third-order valence-electron chi connectivity index (χ3n) is 6.13. The van der Waals surface area contributed by atoms with E-state index in [0.29, 0.717) is 37.2 Å². The number of sulfonamides is 1. The molecule has 1 aliphatic heterocycles. The molecular formula is C25H25N5O3S2. The van der Waals surface area contributed by atoms with Crippen molar-refractivity contribution in [3.63, 3.8) is 0 Å². The minimum Gasteiger partial charge on any atom is -0.368 e. The molecule has 1 aliphatic rings. The van der Waals surface area contributed by atoms with Crippen molar-refractivity contribution in [2.75, 3.05) is 31.1 Å². The maximum atomic E-state index is 13.6. The Bertz CT molecular complexity index is 1400. The highest BCUT2D eigenvalue weighted by Gasteiger charge is 2.32. The summed E-state index contributed by atoms with van der Waals surface area (Å²) in [6.07, 6.45) is 0.253. The second kappa shape index (κ2) is 10.1. The number of nitrogens with zero attached hydrogens (tertiary/aromatic N) is 4. The molecular weight excluding hydrogens is 482 g/mol. The Morgan fingerprint density at radius 1 is 0.886 bits per heavy atom. The van der Waals surface area contributed by atoms with Gasteiger partial charge >= 0.3 is 0 Å². The highest BCUT2D eigenvalue weighted by atomic mass is 32.2. The maximum absolute atomic E-state index is 13.6. The fraction of sp³-hybridized carbons (Fsp3) is 0.240. The Morgan fingerprint density at radius 3 is 2.29 bits per heavy atom. The number of aromatic nitrogens is 2. The highest BCUT2D eigenvalue weighted by molar-refractivity contribution is 7.89. The number of carbonyl (C=O) groups excluding carboxylic acids is 1. The Labute approximate surface area is 208 Å². The molecule has 1 unspecified atom stereocenters. The fourth-order valence-electron chi connectivity index (χ4n) is 4.32. The molecule has 8 nitrogen and oxygen atoms in total. The third kappa shape index (κ3) is 5.19. The van der Waals surface area contributed by atoms with Crippen molar-refractivity contribution < 1.29 is 13.2 Å². The van der Waals surface area contributed by atoms with Gasteiger partial charge in [0.05, 0.1) is 11.7 Å². The van der Waals surface area contributed by atoms with Crippen LogP contribution in [0.15, 0.2) is 83.8 Å². The summed E-state index contributed by atoms with van der Waals surface area (Å²) in [6, 6.07) is 23.4. The molecule has 0 bridgehead atoms.